The molecule has 0 fully saturated rings. The quantitative estimate of drug-likeness (QED) is 0.445. The average molecular weight is 313 g/mol. The Balaban J connectivity index is 2.27. The number of aldehydes is 1. The third-order valence-corrected chi connectivity index (χ3v) is 4.63. The van der Waals surface area contributed by atoms with Crippen LogP contribution in [0.3, 0.4) is 0 Å². The van der Waals surface area contributed by atoms with Crippen molar-refractivity contribution in [3.8, 4) is 11.1 Å². The van der Waals surface area contributed by atoms with Crippen molar-refractivity contribution in [2.24, 2.45) is 0 Å². The maximum atomic E-state index is 12.0. The van der Waals surface area contributed by atoms with Gasteiger partial charge in [0.15, 0.2) is 6.29 Å². The highest BCUT2D eigenvalue weighted by molar-refractivity contribution is 6.09. The molecule has 4 rings (SSSR count). The topological polar surface area (TPSA) is 21.5 Å². The molecule has 4 aromatic rings. The third kappa shape index (κ3) is 2.07. The first-order valence-electron chi connectivity index (χ1n) is 8.28. The van der Waals surface area contributed by atoms with Gasteiger partial charge in [0.25, 0.3) is 0 Å². The van der Waals surface area contributed by atoms with Crippen LogP contribution in [-0.2, 0) is 0 Å². The fraction of sp³-hybridized carbons (Fsp3) is 0.136. The van der Waals surface area contributed by atoms with E-state index in [0.29, 0.717) is 0 Å². The van der Waals surface area contributed by atoms with Gasteiger partial charge in [0, 0.05) is 28.4 Å². The third-order valence-electron chi connectivity index (χ3n) is 4.63. The molecule has 24 heavy (non-hydrogen) atoms. The lowest BCUT2D eigenvalue weighted by atomic mass is 9.97. The van der Waals surface area contributed by atoms with Crippen molar-refractivity contribution in [1.82, 2.24) is 4.40 Å². The van der Waals surface area contributed by atoms with Crippen LogP contribution < -0.4 is 0 Å². The second kappa shape index (κ2) is 5.64. The molecule has 118 valence electrons. The molecular weight excluding hydrogens is 294 g/mol. The van der Waals surface area contributed by atoms with Crippen molar-refractivity contribution >= 4 is 22.6 Å². The second-order valence-electron chi connectivity index (χ2n) is 6.43. The summed E-state index contributed by atoms with van der Waals surface area (Å²) in [6.45, 7) is 4.28. The number of pyridine rings is 1. The molecule has 0 aliphatic rings. The molecule has 0 N–H and O–H groups in total. The maximum absolute atomic E-state index is 12.0. The van der Waals surface area contributed by atoms with Crippen molar-refractivity contribution in [3.05, 3.63) is 78.1 Å². The van der Waals surface area contributed by atoms with E-state index in [0.717, 1.165) is 34.2 Å². The number of hydrogen-bond donors (Lipinski definition) is 0. The summed E-state index contributed by atoms with van der Waals surface area (Å²) in [5.74, 6) is 0.260. The van der Waals surface area contributed by atoms with Gasteiger partial charge in [-0.15, -0.1) is 0 Å². The molecule has 2 aromatic carbocycles. The van der Waals surface area contributed by atoms with E-state index >= 15 is 0 Å². The van der Waals surface area contributed by atoms with Crippen LogP contribution in [0.2, 0.25) is 0 Å². The zero-order chi connectivity index (χ0) is 16.7. The zero-order valence-corrected chi connectivity index (χ0v) is 13.9. The van der Waals surface area contributed by atoms with Crippen molar-refractivity contribution < 1.29 is 4.79 Å². The van der Waals surface area contributed by atoms with Gasteiger partial charge in [0.1, 0.15) is 0 Å². The number of benzene rings is 2. The van der Waals surface area contributed by atoms with E-state index < -0.39 is 0 Å². The molecule has 0 saturated carbocycles. The first-order valence-corrected chi connectivity index (χ1v) is 8.28. The van der Waals surface area contributed by atoms with Crippen molar-refractivity contribution in [3.63, 3.8) is 0 Å². The molecule has 0 radical (unpaired) electrons. The molecule has 0 bridgehead atoms. The van der Waals surface area contributed by atoms with Crippen LogP contribution in [0.25, 0.3) is 27.4 Å². The number of carbonyl (C=O) groups excluding carboxylic acids is 1. The Labute approximate surface area is 141 Å². The predicted molar refractivity (Wildman–Crippen MR) is 99.8 cm³/mol. The Morgan fingerprint density at radius 3 is 2.33 bits per heavy atom. The van der Waals surface area contributed by atoms with Crippen LogP contribution in [0.1, 0.15) is 35.8 Å². The first kappa shape index (κ1) is 14.7. The summed E-state index contributed by atoms with van der Waals surface area (Å²) >= 11 is 0. The normalized spacial score (nSPS) is 11.5. The molecule has 2 heterocycles. The summed E-state index contributed by atoms with van der Waals surface area (Å²) in [7, 11) is 0. The lowest BCUT2D eigenvalue weighted by Crippen LogP contribution is -1.98. The minimum absolute atomic E-state index is 0.260. The lowest BCUT2D eigenvalue weighted by Gasteiger charge is -2.08. The van der Waals surface area contributed by atoms with Gasteiger partial charge in [-0.2, -0.15) is 0 Å². The van der Waals surface area contributed by atoms with Gasteiger partial charge in [0.2, 0.25) is 0 Å². The highest BCUT2D eigenvalue weighted by Crippen LogP contribution is 2.38. The number of nitrogens with zero attached hydrogens (tertiary/aromatic N) is 1. The lowest BCUT2D eigenvalue weighted by molar-refractivity contribution is 0.112. The summed E-state index contributed by atoms with van der Waals surface area (Å²) in [5, 5.41) is 2.36. The van der Waals surface area contributed by atoms with Crippen LogP contribution in [0.4, 0.5) is 0 Å². The largest absolute Gasteiger partial charge is 0.319 e. The Bertz CT molecular complexity index is 1040. The molecule has 2 heteroatoms. The van der Waals surface area contributed by atoms with Gasteiger partial charge in [0.05, 0.1) is 5.52 Å². The summed E-state index contributed by atoms with van der Waals surface area (Å²) in [6, 6.07) is 20.7. The first-order chi connectivity index (χ1) is 11.7. The van der Waals surface area contributed by atoms with Gasteiger partial charge in [-0.3, -0.25) is 4.79 Å². The van der Waals surface area contributed by atoms with Crippen LogP contribution in [0.5, 0.6) is 0 Å². The minimum Gasteiger partial charge on any atom is -0.319 e. The molecule has 0 amide bonds. The number of hydrogen-bond acceptors (Lipinski definition) is 1. The van der Waals surface area contributed by atoms with E-state index in [9.17, 15) is 4.79 Å². The molecule has 0 unspecified atom stereocenters. The highest BCUT2D eigenvalue weighted by Gasteiger charge is 2.22. The predicted octanol–water partition coefficient (Wildman–Crippen LogP) is 5.70. The zero-order valence-electron chi connectivity index (χ0n) is 13.9. The molecule has 0 aliphatic carbocycles. The van der Waals surface area contributed by atoms with Gasteiger partial charge in [-0.05, 0) is 22.9 Å². The number of fused-ring (bicyclic) bond motifs is 3. The van der Waals surface area contributed by atoms with Crippen LogP contribution in [0.15, 0.2) is 66.9 Å². The smallest absolute Gasteiger partial charge is 0.152 e. The molecular formula is C22H19NO. The fourth-order valence-corrected chi connectivity index (χ4v) is 3.66. The highest BCUT2D eigenvalue weighted by atomic mass is 16.1. The second-order valence-corrected chi connectivity index (χ2v) is 6.43. The number of rotatable bonds is 3. The summed E-state index contributed by atoms with van der Waals surface area (Å²) in [5.41, 5.74) is 5.11. The van der Waals surface area contributed by atoms with Gasteiger partial charge < -0.3 is 4.40 Å². The molecule has 2 nitrogen and oxygen atoms in total. The monoisotopic (exact) mass is 313 g/mol. The molecule has 0 aliphatic heterocycles. The Kier molecular flexibility index (Phi) is 3.46. The Morgan fingerprint density at radius 1 is 0.917 bits per heavy atom. The Hall–Kier alpha value is -2.87. The maximum Gasteiger partial charge on any atom is 0.152 e. The van der Waals surface area contributed by atoms with E-state index in [2.05, 4.69) is 60.8 Å². The minimum atomic E-state index is 0.260. The Morgan fingerprint density at radius 2 is 1.62 bits per heavy atom. The van der Waals surface area contributed by atoms with Gasteiger partial charge in [-0.25, -0.2) is 0 Å². The summed E-state index contributed by atoms with van der Waals surface area (Å²) < 4.78 is 2.19. The van der Waals surface area contributed by atoms with E-state index in [1.54, 1.807) is 0 Å². The van der Waals surface area contributed by atoms with E-state index in [4.69, 9.17) is 0 Å². The van der Waals surface area contributed by atoms with Crippen molar-refractivity contribution in [1.29, 1.82) is 0 Å². The average Bonchev–Trinajstić information content (AvgIpc) is 2.97. The standard InChI is InChI=1S/C22H19NO/c1-15(2)21-19(14-24)20(17-9-4-3-5-10-17)22-18-11-7-6-8-16(18)12-13-23(21)22/h3-15H,1-2H3. The van der Waals surface area contributed by atoms with Gasteiger partial charge in [-0.1, -0.05) is 68.4 Å². The van der Waals surface area contributed by atoms with Crippen LogP contribution in [0, 0.1) is 0 Å². The summed E-state index contributed by atoms with van der Waals surface area (Å²) in [4.78, 5) is 12.0. The number of aromatic nitrogens is 1. The van der Waals surface area contributed by atoms with Gasteiger partial charge >= 0.3 is 0 Å². The summed E-state index contributed by atoms with van der Waals surface area (Å²) in [6.07, 6.45) is 3.10. The van der Waals surface area contributed by atoms with E-state index in [-0.39, 0.29) is 5.92 Å². The molecule has 2 aromatic heterocycles. The van der Waals surface area contributed by atoms with Crippen molar-refractivity contribution in [2.45, 2.75) is 19.8 Å². The van der Waals surface area contributed by atoms with Crippen LogP contribution >= 0.6 is 0 Å². The number of carbonyl (C=O) groups is 1. The van der Waals surface area contributed by atoms with E-state index in [1.165, 1.54) is 10.8 Å². The molecule has 0 saturated heterocycles. The van der Waals surface area contributed by atoms with Crippen LogP contribution in [-0.4, -0.2) is 10.7 Å². The molecule has 0 atom stereocenters. The van der Waals surface area contributed by atoms with Crippen molar-refractivity contribution in [2.75, 3.05) is 0 Å². The molecule has 0 spiro atoms. The van der Waals surface area contributed by atoms with E-state index in [1.807, 2.05) is 24.3 Å². The SMILES string of the molecule is CC(C)c1c(C=O)c(-c2ccccc2)c2c3ccccc3ccn12. The fourth-order valence-electron chi connectivity index (χ4n) is 3.66.